The van der Waals surface area contributed by atoms with Crippen LogP contribution >= 0.6 is 0 Å². The molecule has 0 radical (unpaired) electrons. The lowest BCUT2D eigenvalue weighted by Gasteiger charge is -2.06. The number of fused-ring (bicyclic) bond motifs is 3. The summed E-state index contributed by atoms with van der Waals surface area (Å²) in [6, 6.07) is 6.38. The maximum absolute atomic E-state index is 13.1. The summed E-state index contributed by atoms with van der Waals surface area (Å²) in [7, 11) is 0. The number of halogens is 1. The maximum Gasteiger partial charge on any atom is 0.166 e. The first-order chi connectivity index (χ1) is 8.29. The molecule has 1 aromatic heterocycles. The van der Waals surface area contributed by atoms with E-state index in [0.717, 1.165) is 16.8 Å². The monoisotopic (exact) mass is 229 g/mol. The van der Waals surface area contributed by atoms with E-state index in [9.17, 15) is 4.39 Å². The van der Waals surface area contributed by atoms with E-state index in [2.05, 4.69) is 10.2 Å². The SMILES string of the molecule is N#Cc1n[nH]c2c1CCOc1cc(F)ccc1-2. The highest BCUT2D eigenvalue weighted by molar-refractivity contribution is 5.72. The van der Waals surface area contributed by atoms with E-state index in [0.29, 0.717) is 24.5 Å². The number of nitriles is 1. The molecule has 2 heterocycles. The second-order valence-electron chi connectivity index (χ2n) is 3.78. The van der Waals surface area contributed by atoms with E-state index in [1.165, 1.54) is 12.1 Å². The van der Waals surface area contributed by atoms with Gasteiger partial charge >= 0.3 is 0 Å². The zero-order valence-electron chi connectivity index (χ0n) is 8.83. The normalized spacial score (nSPS) is 12.9. The van der Waals surface area contributed by atoms with Crippen LogP contribution in [-0.2, 0) is 6.42 Å². The lowest BCUT2D eigenvalue weighted by molar-refractivity contribution is 0.324. The number of H-pyrrole nitrogens is 1. The van der Waals surface area contributed by atoms with E-state index in [1.807, 2.05) is 6.07 Å². The van der Waals surface area contributed by atoms with Crippen molar-refractivity contribution >= 4 is 0 Å². The van der Waals surface area contributed by atoms with Crippen LogP contribution in [0.4, 0.5) is 4.39 Å². The Bertz CT molecular complexity index is 627. The minimum atomic E-state index is -0.341. The number of aromatic nitrogens is 2. The van der Waals surface area contributed by atoms with Gasteiger partial charge in [0.1, 0.15) is 17.6 Å². The highest BCUT2D eigenvalue weighted by atomic mass is 19.1. The van der Waals surface area contributed by atoms with E-state index >= 15 is 0 Å². The first-order valence-corrected chi connectivity index (χ1v) is 5.19. The quantitative estimate of drug-likeness (QED) is 0.751. The van der Waals surface area contributed by atoms with Crippen LogP contribution < -0.4 is 4.74 Å². The zero-order valence-corrected chi connectivity index (χ0v) is 8.83. The molecule has 0 saturated carbocycles. The number of hydrogen-bond acceptors (Lipinski definition) is 3. The molecule has 0 saturated heterocycles. The number of nitrogens with one attached hydrogen (secondary N) is 1. The fourth-order valence-corrected chi connectivity index (χ4v) is 2.01. The van der Waals surface area contributed by atoms with Gasteiger partial charge in [0.15, 0.2) is 5.69 Å². The molecule has 0 aliphatic carbocycles. The van der Waals surface area contributed by atoms with Gasteiger partial charge < -0.3 is 4.74 Å². The van der Waals surface area contributed by atoms with Gasteiger partial charge in [-0.15, -0.1) is 0 Å². The fourth-order valence-electron chi connectivity index (χ4n) is 2.01. The topological polar surface area (TPSA) is 61.7 Å². The predicted octanol–water partition coefficient (Wildman–Crippen LogP) is 2.02. The van der Waals surface area contributed by atoms with Crippen molar-refractivity contribution in [3.63, 3.8) is 0 Å². The molecule has 5 heteroatoms. The molecule has 0 spiro atoms. The number of rotatable bonds is 0. The average Bonchev–Trinajstić information content (AvgIpc) is 2.64. The first-order valence-electron chi connectivity index (χ1n) is 5.19. The highest BCUT2D eigenvalue weighted by Crippen LogP contribution is 2.35. The Morgan fingerprint density at radius 2 is 2.35 bits per heavy atom. The van der Waals surface area contributed by atoms with Gasteiger partial charge in [0.25, 0.3) is 0 Å². The predicted molar refractivity (Wildman–Crippen MR) is 57.9 cm³/mol. The largest absolute Gasteiger partial charge is 0.492 e. The molecule has 1 aliphatic heterocycles. The number of aromatic amines is 1. The van der Waals surface area contributed by atoms with Crippen LogP contribution in [0.15, 0.2) is 18.2 Å². The molecular weight excluding hydrogens is 221 g/mol. The highest BCUT2D eigenvalue weighted by Gasteiger charge is 2.21. The minimum absolute atomic E-state index is 0.341. The van der Waals surface area contributed by atoms with Crippen LogP contribution in [0, 0.1) is 17.1 Å². The molecule has 1 N–H and O–H groups in total. The Kier molecular flexibility index (Phi) is 2.08. The Morgan fingerprint density at radius 1 is 1.47 bits per heavy atom. The molecule has 0 fully saturated rings. The second-order valence-corrected chi connectivity index (χ2v) is 3.78. The molecule has 0 atom stereocenters. The molecule has 2 aromatic rings. The first kappa shape index (κ1) is 9.85. The van der Waals surface area contributed by atoms with Gasteiger partial charge in [-0.1, -0.05) is 0 Å². The Hall–Kier alpha value is -2.35. The van der Waals surface area contributed by atoms with Gasteiger partial charge in [0.05, 0.1) is 12.3 Å². The van der Waals surface area contributed by atoms with Crippen LogP contribution in [0.1, 0.15) is 11.3 Å². The third-order valence-electron chi connectivity index (χ3n) is 2.80. The third-order valence-corrected chi connectivity index (χ3v) is 2.80. The number of benzene rings is 1. The molecule has 0 amide bonds. The van der Waals surface area contributed by atoms with Gasteiger partial charge in [0.2, 0.25) is 0 Å². The summed E-state index contributed by atoms with van der Waals surface area (Å²) in [6.07, 6.45) is 0.588. The lowest BCUT2D eigenvalue weighted by Crippen LogP contribution is -1.99. The van der Waals surface area contributed by atoms with Gasteiger partial charge in [-0.2, -0.15) is 10.4 Å². The summed E-state index contributed by atoms with van der Waals surface area (Å²) in [5.41, 5.74) is 2.69. The molecule has 17 heavy (non-hydrogen) atoms. The van der Waals surface area contributed by atoms with Crippen molar-refractivity contribution in [3.05, 3.63) is 35.3 Å². The summed E-state index contributed by atoms with van der Waals surface area (Å²) in [6.45, 7) is 0.414. The van der Waals surface area contributed by atoms with Crippen LogP contribution in [0.3, 0.4) is 0 Å². The van der Waals surface area contributed by atoms with Gasteiger partial charge in [-0.05, 0) is 12.1 Å². The maximum atomic E-state index is 13.1. The van der Waals surface area contributed by atoms with E-state index in [-0.39, 0.29) is 5.82 Å². The average molecular weight is 229 g/mol. The zero-order chi connectivity index (χ0) is 11.8. The minimum Gasteiger partial charge on any atom is -0.492 e. The second kappa shape index (κ2) is 3.59. The summed E-state index contributed by atoms with van der Waals surface area (Å²) >= 11 is 0. The van der Waals surface area contributed by atoms with Crippen LogP contribution in [0.2, 0.25) is 0 Å². The van der Waals surface area contributed by atoms with Crippen LogP contribution in [0.5, 0.6) is 5.75 Å². The Balaban J connectivity index is 2.25. The molecule has 84 valence electrons. The van der Waals surface area contributed by atoms with Gasteiger partial charge in [0, 0.05) is 23.6 Å². The lowest BCUT2D eigenvalue weighted by atomic mass is 10.0. The molecule has 0 unspecified atom stereocenters. The summed E-state index contributed by atoms with van der Waals surface area (Å²) in [5.74, 6) is 0.143. The van der Waals surface area contributed by atoms with E-state index in [4.69, 9.17) is 10.00 Å². The van der Waals surface area contributed by atoms with Crippen molar-refractivity contribution in [2.45, 2.75) is 6.42 Å². The summed E-state index contributed by atoms with van der Waals surface area (Å²) in [5, 5.41) is 15.7. The van der Waals surface area contributed by atoms with E-state index in [1.54, 1.807) is 6.07 Å². The molecule has 4 nitrogen and oxygen atoms in total. The molecule has 0 bridgehead atoms. The smallest absolute Gasteiger partial charge is 0.166 e. The standard InChI is InChI=1S/C12H8FN3O/c13-7-1-2-9-11(5-7)17-4-3-8-10(6-14)15-16-12(8)9/h1-2,5H,3-4H2,(H,15,16). The fraction of sp³-hybridized carbons (Fsp3) is 0.167. The van der Waals surface area contributed by atoms with Crippen LogP contribution in [0.25, 0.3) is 11.3 Å². The number of nitrogens with zero attached hydrogens (tertiary/aromatic N) is 2. The molecule has 3 rings (SSSR count). The van der Waals surface area contributed by atoms with Gasteiger partial charge in [-0.25, -0.2) is 4.39 Å². The van der Waals surface area contributed by atoms with Crippen molar-refractivity contribution in [2.75, 3.05) is 6.61 Å². The molecular formula is C12H8FN3O. The van der Waals surface area contributed by atoms with Gasteiger partial charge in [-0.3, -0.25) is 5.10 Å². The van der Waals surface area contributed by atoms with Crippen molar-refractivity contribution in [2.24, 2.45) is 0 Å². The molecule has 1 aliphatic rings. The van der Waals surface area contributed by atoms with E-state index < -0.39 is 0 Å². The number of hydrogen-bond donors (Lipinski definition) is 1. The Morgan fingerprint density at radius 3 is 3.18 bits per heavy atom. The van der Waals surface area contributed by atoms with Crippen molar-refractivity contribution in [1.82, 2.24) is 10.2 Å². The summed E-state index contributed by atoms with van der Waals surface area (Å²) < 4.78 is 18.6. The third kappa shape index (κ3) is 1.46. The summed E-state index contributed by atoms with van der Waals surface area (Å²) in [4.78, 5) is 0. The van der Waals surface area contributed by atoms with Crippen molar-refractivity contribution < 1.29 is 9.13 Å². The Labute approximate surface area is 96.6 Å². The van der Waals surface area contributed by atoms with Crippen molar-refractivity contribution in [3.8, 4) is 23.1 Å². The van der Waals surface area contributed by atoms with Crippen molar-refractivity contribution in [1.29, 1.82) is 5.26 Å². The van der Waals surface area contributed by atoms with Crippen LogP contribution in [-0.4, -0.2) is 16.8 Å². The number of ether oxygens (including phenoxy) is 1. The molecule has 1 aromatic carbocycles.